The SMILES string of the molecule is CCNC(=NCc1ccc(S(=O)(=O)N(C)C)cc1)NCc1ccc(C)cc1C.I. The van der Waals surface area contributed by atoms with E-state index in [-0.39, 0.29) is 28.9 Å². The number of nitrogens with zero attached hydrogens (tertiary/aromatic N) is 2. The lowest BCUT2D eigenvalue weighted by molar-refractivity contribution is 0.520. The molecule has 2 aromatic carbocycles. The summed E-state index contributed by atoms with van der Waals surface area (Å²) in [6.07, 6.45) is 0. The standard InChI is InChI=1S/C21H30N4O2S.HI/c1-6-22-21(24-15-19-10-7-16(2)13-17(19)3)23-14-18-8-11-20(12-9-18)28(26,27)25(4)5;/h7-13H,6,14-15H2,1-5H3,(H2,22,23,24);1H. The molecule has 2 N–H and O–H groups in total. The maximum atomic E-state index is 12.1. The third-order valence-corrected chi connectivity index (χ3v) is 6.24. The number of hydrogen-bond acceptors (Lipinski definition) is 3. The van der Waals surface area contributed by atoms with Gasteiger partial charge in [0.1, 0.15) is 0 Å². The van der Waals surface area contributed by atoms with Gasteiger partial charge in [-0.2, -0.15) is 0 Å². The number of benzene rings is 2. The van der Waals surface area contributed by atoms with Crippen molar-refractivity contribution in [1.82, 2.24) is 14.9 Å². The topological polar surface area (TPSA) is 73.8 Å². The molecular weight excluding hydrogens is 499 g/mol. The lowest BCUT2D eigenvalue weighted by Crippen LogP contribution is -2.36. The van der Waals surface area contributed by atoms with Crippen LogP contribution in [-0.4, -0.2) is 39.3 Å². The molecule has 0 aliphatic carbocycles. The number of guanidine groups is 1. The molecule has 0 unspecified atom stereocenters. The second-order valence-electron chi connectivity index (χ2n) is 6.91. The molecule has 0 radical (unpaired) electrons. The number of halogens is 1. The number of rotatable bonds is 7. The quantitative estimate of drug-likeness (QED) is 0.327. The average Bonchev–Trinajstić information content (AvgIpc) is 2.65. The molecule has 0 amide bonds. The first-order valence-electron chi connectivity index (χ1n) is 9.34. The zero-order valence-electron chi connectivity index (χ0n) is 17.7. The Morgan fingerprint density at radius 3 is 2.24 bits per heavy atom. The van der Waals surface area contributed by atoms with Gasteiger partial charge in [-0.05, 0) is 49.6 Å². The number of hydrogen-bond donors (Lipinski definition) is 2. The second-order valence-corrected chi connectivity index (χ2v) is 9.06. The van der Waals surface area contributed by atoms with E-state index in [2.05, 4.69) is 47.7 Å². The van der Waals surface area contributed by atoms with Crippen molar-refractivity contribution in [1.29, 1.82) is 0 Å². The first kappa shape index (κ1) is 25.4. The number of sulfonamides is 1. The van der Waals surface area contributed by atoms with E-state index >= 15 is 0 Å². The Morgan fingerprint density at radius 1 is 1.03 bits per heavy atom. The van der Waals surface area contributed by atoms with E-state index in [1.807, 2.05) is 6.92 Å². The van der Waals surface area contributed by atoms with Gasteiger partial charge in [-0.25, -0.2) is 17.7 Å². The fourth-order valence-electron chi connectivity index (χ4n) is 2.71. The monoisotopic (exact) mass is 530 g/mol. The van der Waals surface area contributed by atoms with Crippen LogP contribution in [0.25, 0.3) is 0 Å². The van der Waals surface area contributed by atoms with Gasteiger partial charge in [0.2, 0.25) is 10.0 Å². The van der Waals surface area contributed by atoms with Crippen LogP contribution in [0.1, 0.15) is 29.2 Å². The molecule has 0 aliphatic rings. The van der Waals surface area contributed by atoms with Crippen molar-refractivity contribution in [3.63, 3.8) is 0 Å². The number of aryl methyl sites for hydroxylation is 2. The van der Waals surface area contributed by atoms with Crippen molar-refractivity contribution in [2.45, 2.75) is 38.8 Å². The van der Waals surface area contributed by atoms with E-state index in [1.54, 1.807) is 24.3 Å². The predicted molar refractivity (Wildman–Crippen MR) is 130 cm³/mol. The molecule has 0 aromatic heterocycles. The third kappa shape index (κ3) is 7.27. The van der Waals surface area contributed by atoms with Crippen LogP contribution in [0.2, 0.25) is 0 Å². The van der Waals surface area contributed by atoms with Gasteiger partial charge < -0.3 is 10.6 Å². The lowest BCUT2D eigenvalue weighted by Gasteiger charge is -2.13. The van der Waals surface area contributed by atoms with Crippen molar-refractivity contribution >= 4 is 40.0 Å². The van der Waals surface area contributed by atoms with Crippen molar-refractivity contribution in [2.24, 2.45) is 4.99 Å². The summed E-state index contributed by atoms with van der Waals surface area (Å²) >= 11 is 0. The molecule has 2 aromatic rings. The third-order valence-electron chi connectivity index (χ3n) is 4.41. The Bertz CT molecular complexity index is 926. The Balaban J connectivity index is 0.00000420. The Kier molecular flexibility index (Phi) is 10.1. The molecule has 2 rings (SSSR count). The molecule has 8 heteroatoms. The normalized spacial score (nSPS) is 11.9. The van der Waals surface area contributed by atoms with Crippen molar-refractivity contribution in [3.05, 3.63) is 64.7 Å². The summed E-state index contributed by atoms with van der Waals surface area (Å²) in [4.78, 5) is 4.89. The van der Waals surface area contributed by atoms with Crippen LogP contribution in [0, 0.1) is 13.8 Å². The highest BCUT2D eigenvalue weighted by molar-refractivity contribution is 14.0. The van der Waals surface area contributed by atoms with Gasteiger partial charge in [0.05, 0.1) is 11.4 Å². The van der Waals surface area contributed by atoms with Gasteiger partial charge in [0.15, 0.2) is 5.96 Å². The van der Waals surface area contributed by atoms with E-state index < -0.39 is 10.0 Å². The summed E-state index contributed by atoms with van der Waals surface area (Å²) in [5.74, 6) is 0.729. The second kappa shape index (κ2) is 11.5. The highest BCUT2D eigenvalue weighted by Gasteiger charge is 2.16. The molecule has 0 heterocycles. The molecule has 0 saturated heterocycles. The number of nitrogens with one attached hydrogen (secondary N) is 2. The van der Waals surface area contributed by atoms with Gasteiger partial charge >= 0.3 is 0 Å². The van der Waals surface area contributed by atoms with Crippen molar-refractivity contribution in [3.8, 4) is 0 Å². The van der Waals surface area contributed by atoms with Crippen LogP contribution in [-0.2, 0) is 23.1 Å². The summed E-state index contributed by atoms with van der Waals surface area (Å²) in [5, 5.41) is 6.60. The van der Waals surface area contributed by atoms with Crippen LogP contribution in [0.5, 0.6) is 0 Å². The molecule has 0 aliphatic heterocycles. The minimum absolute atomic E-state index is 0. The van der Waals surface area contributed by atoms with E-state index in [0.29, 0.717) is 13.1 Å². The predicted octanol–water partition coefficient (Wildman–Crippen LogP) is 3.43. The molecule has 6 nitrogen and oxygen atoms in total. The molecular formula is C21H31IN4O2S. The van der Waals surface area contributed by atoms with Gasteiger partial charge in [-0.15, -0.1) is 24.0 Å². The van der Waals surface area contributed by atoms with Crippen LogP contribution >= 0.6 is 24.0 Å². The largest absolute Gasteiger partial charge is 0.357 e. The summed E-state index contributed by atoms with van der Waals surface area (Å²) in [6.45, 7) is 8.14. The van der Waals surface area contributed by atoms with E-state index in [4.69, 9.17) is 0 Å². The van der Waals surface area contributed by atoms with Gasteiger partial charge in [0, 0.05) is 27.2 Å². The average molecular weight is 530 g/mol. The van der Waals surface area contributed by atoms with Gasteiger partial charge in [0.25, 0.3) is 0 Å². The highest BCUT2D eigenvalue weighted by Crippen LogP contribution is 2.14. The molecule has 0 fully saturated rings. The van der Waals surface area contributed by atoms with Crippen LogP contribution < -0.4 is 10.6 Å². The molecule has 29 heavy (non-hydrogen) atoms. The number of aliphatic imine (C=N–C) groups is 1. The smallest absolute Gasteiger partial charge is 0.242 e. The zero-order chi connectivity index (χ0) is 20.7. The minimum Gasteiger partial charge on any atom is -0.357 e. The molecule has 0 saturated carbocycles. The fourth-order valence-corrected chi connectivity index (χ4v) is 3.61. The van der Waals surface area contributed by atoms with Gasteiger partial charge in [-0.3, -0.25) is 0 Å². The summed E-state index contributed by atoms with van der Waals surface area (Å²) in [5.41, 5.74) is 4.68. The van der Waals surface area contributed by atoms with Crippen LogP contribution in [0.15, 0.2) is 52.4 Å². The Morgan fingerprint density at radius 2 is 1.69 bits per heavy atom. The van der Waals surface area contributed by atoms with Gasteiger partial charge in [-0.1, -0.05) is 35.9 Å². The first-order chi connectivity index (χ1) is 13.2. The maximum Gasteiger partial charge on any atom is 0.242 e. The molecule has 0 bridgehead atoms. The van der Waals surface area contributed by atoms with Crippen molar-refractivity contribution < 1.29 is 8.42 Å². The Hall–Kier alpha value is -1.65. The van der Waals surface area contributed by atoms with E-state index in [1.165, 1.54) is 35.1 Å². The van der Waals surface area contributed by atoms with Crippen molar-refractivity contribution in [2.75, 3.05) is 20.6 Å². The summed E-state index contributed by atoms with van der Waals surface area (Å²) in [7, 11) is -0.356. The fraction of sp³-hybridized carbons (Fsp3) is 0.381. The first-order valence-corrected chi connectivity index (χ1v) is 10.8. The van der Waals surface area contributed by atoms with Crippen LogP contribution in [0.4, 0.5) is 0 Å². The lowest BCUT2D eigenvalue weighted by atomic mass is 10.1. The van der Waals surface area contributed by atoms with Crippen LogP contribution in [0.3, 0.4) is 0 Å². The molecule has 0 spiro atoms. The molecule has 160 valence electrons. The zero-order valence-corrected chi connectivity index (χ0v) is 20.8. The Labute approximate surface area is 191 Å². The summed E-state index contributed by atoms with van der Waals surface area (Å²) in [6, 6.07) is 13.3. The minimum atomic E-state index is -3.41. The highest BCUT2D eigenvalue weighted by atomic mass is 127. The maximum absolute atomic E-state index is 12.1. The summed E-state index contributed by atoms with van der Waals surface area (Å²) < 4.78 is 25.5. The van der Waals surface area contributed by atoms with E-state index in [0.717, 1.165) is 18.1 Å². The molecule has 0 atom stereocenters. The van der Waals surface area contributed by atoms with E-state index in [9.17, 15) is 8.42 Å².